The lowest BCUT2D eigenvalue weighted by atomic mass is 10.5. The zero-order valence-corrected chi connectivity index (χ0v) is 3.85. The van der Waals surface area contributed by atoms with Gasteiger partial charge in [0.15, 0.2) is 0 Å². The molecule has 0 saturated carbocycles. The fourth-order valence-corrected chi connectivity index (χ4v) is 0.427. The summed E-state index contributed by atoms with van der Waals surface area (Å²) in [6.07, 6.45) is 1.70. The van der Waals surface area contributed by atoms with Gasteiger partial charge in [0.25, 0.3) is 0 Å². The summed E-state index contributed by atoms with van der Waals surface area (Å²) in [5.41, 5.74) is 0. The van der Waals surface area contributed by atoms with Gasteiger partial charge in [0.1, 0.15) is 6.54 Å². The highest BCUT2D eigenvalue weighted by Gasteiger charge is 1.98. The van der Waals surface area contributed by atoms with Crippen molar-refractivity contribution < 1.29 is 4.79 Å². The van der Waals surface area contributed by atoms with Crippen molar-refractivity contribution >= 4 is 12.1 Å². The summed E-state index contributed by atoms with van der Waals surface area (Å²) in [5.74, 6) is 0.0162. The van der Waals surface area contributed by atoms with Crippen LogP contribution in [0.1, 0.15) is 0 Å². The molecule has 0 saturated heterocycles. The average Bonchev–Trinajstić information content (AvgIpc) is 1.69. The van der Waals surface area contributed by atoms with E-state index in [4.69, 9.17) is 0 Å². The molecular formula is C4H6N2O. The van der Waals surface area contributed by atoms with Crippen molar-refractivity contribution in [1.82, 2.24) is 5.32 Å². The number of aliphatic imine (C=N–C) groups is 1. The monoisotopic (exact) mass is 98.0 g/mol. The molecule has 1 heterocycles. The predicted molar refractivity (Wildman–Crippen MR) is 26.4 cm³/mol. The smallest absolute Gasteiger partial charge is 0.241 e. The zero-order chi connectivity index (χ0) is 5.11. The van der Waals surface area contributed by atoms with Crippen LogP contribution in [0.4, 0.5) is 0 Å². The first-order valence-corrected chi connectivity index (χ1v) is 2.14. The van der Waals surface area contributed by atoms with Gasteiger partial charge in [-0.15, -0.1) is 0 Å². The summed E-state index contributed by atoms with van der Waals surface area (Å²) in [6, 6.07) is 0. The molecule has 1 amide bonds. The van der Waals surface area contributed by atoms with Crippen LogP contribution in [0, 0.1) is 0 Å². The number of carbonyl (C=O) groups excluding carboxylic acids is 1. The Morgan fingerprint density at radius 2 is 2.71 bits per heavy atom. The fourth-order valence-electron chi connectivity index (χ4n) is 0.427. The summed E-state index contributed by atoms with van der Waals surface area (Å²) in [7, 11) is 0. The van der Waals surface area contributed by atoms with Crippen LogP contribution in [0.2, 0.25) is 0 Å². The molecule has 1 rings (SSSR count). The maximum atomic E-state index is 10.2. The maximum Gasteiger partial charge on any atom is 0.241 e. The molecule has 3 nitrogen and oxygen atoms in total. The Hall–Kier alpha value is -0.860. The third-order valence-electron chi connectivity index (χ3n) is 0.755. The standard InChI is InChI=1S/C4H6N2O/c7-4-3-5-1-2-6-4/h1H,2-3H2,(H,6,7). The molecule has 0 bridgehead atoms. The van der Waals surface area contributed by atoms with Gasteiger partial charge in [0.05, 0.1) is 6.54 Å². The number of hydrogen-bond acceptors (Lipinski definition) is 2. The Labute approximate surface area is 41.4 Å². The summed E-state index contributed by atoms with van der Waals surface area (Å²) in [4.78, 5) is 14.0. The Morgan fingerprint density at radius 3 is 3.00 bits per heavy atom. The quantitative estimate of drug-likeness (QED) is 0.423. The topological polar surface area (TPSA) is 41.5 Å². The molecule has 0 aromatic carbocycles. The summed E-state index contributed by atoms with van der Waals surface area (Å²) >= 11 is 0. The van der Waals surface area contributed by atoms with Crippen LogP contribution >= 0.6 is 0 Å². The van der Waals surface area contributed by atoms with Gasteiger partial charge < -0.3 is 5.32 Å². The molecule has 7 heavy (non-hydrogen) atoms. The lowest BCUT2D eigenvalue weighted by Crippen LogP contribution is -2.31. The molecule has 0 atom stereocenters. The average molecular weight is 98.1 g/mol. The minimum absolute atomic E-state index is 0.0162. The summed E-state index contributed by atoms with van der Waals surface area (Å²) in [5, 5.41) is 2.59. The second-order valence-electron chi connectivity index (χ2n) is 1.33. The van der Waals surface area contributed by atoms with Crippen LogP contribution in [0.15, 0.2) is 4.99 Å². The number of nitrogens with one attached hydrogen (secondary N) is 1. The first-order chi connectivity index (χ1) is 3.39. The van der Waals surface area contributed by atoms with Gasteiger partial charge in [-0.05, 0) is 0 Å². The molecule has 0 spiro atoms. The first kappa shape index (κ1) is 4.30. The molecule has 0 aliphatic carbocycles. The molecule has 0 fully saturated rings. The number of hydrogen-bond donors (Lipinski definition) is 1. The van der Waals surface area contributed by atoms with Gasteiger partial charge in [-0.2, -0.15) is 0 Å². The van der Waals surface area contributed by atoms with E-state index in [1.165, 1.54) is 0 Å². The van der Waals surface area contributed by atoms with Crippen molar-refractivity contribution in [2.75, 3.05) is 13.1 Å². The predicted octanol–water partition coefficient (Wildman–Crippen LogP) is -0.813. The van der Waals surface area contributed by atoms with E-state index in [2.05, 4.69) is 10.3 Å². The van der Waals surface area contributed by atoms with Crippen LogP contribution in [0.5, 0.6) is 0 Å². The summed E-state index contributed by atoms with van der Waals surface area (Å²) in [6.45, 7) is 0.902. The fraction of sp³-hybridized carbons (Fsp3) is 0.500. The molecule has 0 aromatic heterocycles. The van der Waals surface area contributed by atoms with Crippen molar-refractivity contribution in [3.8, 4) is 0 Å². The maximum absolute atomic E-state index is 10.2. The molecule has 1 aliphatic heterocycles. The Bertz CT molecular complexity index is 108. The van der Waals surface area contributed by atoms with E-state index < -0.39 is 0 Å². The van der Waals surface area contributed by atoms with E-state index >= 15 is 0 Å². The van der Waals surface area contributed by atoms with Crippen molar-refractivity contribution in [3.63, 3.8) is 0 Å². The van der Waals surface area contributed by atoms with Gasteiger partial charge in [-0.1, -0.05) is 0 Å². The highest BCUT2D eigenvalue weighted by molar-refractivity contribution is 5.84. The molecule has 3 heteroatoms. The Morgan fingerprint density at radius 1 is 1.86 bits per heavy atom. The van der Waals surface area contributed by atoms with Crippen molar-refractivity contribution in [2.24, 2.45) is 4.99 Å². The lowest BCUT2D eigenvalue weighted by molar-refractivity contribution is -0.119. The zero-order valence-electron chi connectivity index (χ0n) is 3.85. The number of nitrogens with zero attached hydrogens (tertiary/aromatic N) is 1. The largest absolute Gasteiger partial charge is 0.349 e. The van der Waals surface area contributed by atoms with Crippen LogP contribution < -0.4 is 5.32 Å². The third-order valence-corrected chi connectivity index (χ3v) is 0.755. The number of rotatable bonds is 0. The van der Waals surface area contributed by atoms with Gasteiger partial charge in [0, 0.05) is 6.21 Å². The van der Waals surface area contributed by atoms with Gasteiger partial charge in [-0.25, -0.2) is 0 Å². The second kappa shape index (κ2) is 1.73. The van der Waals surface area contributed by atoms with Crippen molar-refractivity contribution in [2.45, 2.75) is 0 Å². The normalized spacial score (nSPS) is 19.1. The van der Waals surface area contributed by atoms with Gasteiger partial charge in [-0.3, -0.25) is 9.79 Å². The van der Waals surface area contributed by atoms with E-state index in [9.17, 15) is 4.79 Å². The first-order valence-electron chi connectivity index (χ1n) is 2.14. The highest BCUT2D eigenvalue weighted by atomic mass is 16.1. The van der Waals surface area contributed by atoms with Crippen LogP contribution in [-0.4, -0.2) is 25.2 Å². The molecule has 38 valence electrons. The van der Waals surface area contributed by atoms with E-state index in [0.29, 0.717) is 13.1 Å². The molecule has 1 N–H and O–H groups in total. The van der Waals surface area contributed by atoms with Crippen molar-refractivity contribution in [1.29, 1.82) is 0 Å². The lowest BCUT2D eigenvalue weighted by Gasteiger charge is -2.01. The van der Waals surface area contributed by atoms with E-state index in [-0.39, 0.29) is 5.91 Å². The molecular weight excluding hydrogens is 92.1 g/mol. The van der Waals surface area contributed by atoms with Crippen LogP contribution in [-0.2, 0) is 4.79 Å². The van der Waals surface area contributed by atoms with Crippen molar-refractivity contribution in [3.05, 3.63) is 0 Å². The Balaban J connectivity index is 2.47. The van der Waals surface area contributed by atoms with Gasteiger partial charge in [0.2, 0.25) is 5.91 Å². The highest BCUT2D eigenvalue weighted by Crippen LogP contribution is 1.73. The third kappa shape index (κ3) is 0.994. The number of carbonyl (C=O) groups is 1. The molecule has 0 aromatic rings. The van der Waals surface area contributed by atoms with Crippen LogP contribution in [0.3, 0.4) is 0 Å². The van der Waals surface area contributed by atoms with E-state index in [1.54, 1.807) is 6.21 Å². The van der Waals surface area contributed by atoms with E-state index in [0.717, 1.165) is 0 Å². The molecule has 1 aliphatic rings. The molecule has 0 radical (unpaired) electrons. The minimum Gasteiger partial charge on any atom is -0.349 e. The SMILES string of the molecule is O=C1CN=CCN1. The molecule has 0 unspecified atom stereocenters. The Kier molecular flexibility index (Phi) is 1.06. The van der Waals surface area contributed by atoms with Crippen LogP contribution in [0.25, 0.3) is 0 Å². The summed E-state index contributed by atoms with van der Waals surface area (Å²) < 4.78 is 0. The van der Waals surface area contributed by atoms with E-state index in [1.807, 2.05) is 0 Å². The second-order valence-corrected chi connectivity index (χ2v) is 1.33. The van der Waals surface area contributed by atoms with Gasteiger partial charge >= 0.3 is 0 Å². The number of amides is 1. The minimum atomic E-state index is 0.0162.